The Balaban J connectivity index is 1.96. The lowest BCUT2D eigenvalue weighted by Crippen LogP contribution is -2.23. The van der Waals surface area contributed by atoms with Crippen LogP contribution < -0.4 is 9.46 Å². The summed E-state index contributed by atoms with van der Waals surface area (Å²) in [6, 6.07) is 14.6. The monoisotopic (exact) mass is 321 g/mol. The number of sulfonamides is 1. The highest BCUT2D eigenvalue weighted by Gasteiger charge is 2.12. The van der Waals surface area contributed by atoms with E-state index in [4.69, 9.17) is 9.84 Å². The van der Waals surface area contributed by atoms with E-state index in [1.54, 1.807) is 42.5 Å². The van der Waals surface area contributed by atoms with Gasteiger partial charge in [-0.2, -0.15) is 0 Å². The van der Waals surface area contributed by atoms with Gasteiger partial charge in [0.2, 0.25) is 10.0 Å². The van der Waals surface area contributed by atoms with Gasteiger partial charge in [0, 0.05) is 6.54 Å². The number of ether oxygens (including phenoxy) is 1. The molecule has 0 bridgehead atoms. The summed E-state index contributed by atoms with van der Waals surface area (Å²) in [6.07, 6.45) is 0. The topological polar surface area (TPSA) is 92.7 Å². The number of aliphatic carboxylic acids is 1. The highest BCUT2D eigenvalue weighted by atomic mass is 32.2. The van der Waals surface area contributed by atoms with Gasteiger partial charge in [0.1, 0.15) is 5.75 Å². The number of rotatable bonds is 7. The van der Waals surface area contributed by atoms with Gasteiger partial charge in [0.15, 0.2) is 6.61 Å². The van der Waals surface area contributed by atoms with Gasteiger partial charge < -0.3 is 9.84 Å². The molecule has 0 aliphatic heterocycles. The van der Waals surface area contributed by atoms with E-state index < -0.39 is 22.6 Å². The van der Waals surface area contributed by atoms with Gasteiger partial charge in [0.05, 0.1) is 4.90 Å². The van der Waals surface area contributed by atoms with E-state index in [1.807, 2.05) is 0 Å². The first kappa shape index (κ1) is 16.0. The molecule has 0 aromatic heterocycles. The highest BCUT2D eigenvalue weighted by molar-refractivity contribution is 7.89. The second-order valence-corrected chi connectivity index (χ2v) is 6.23. The maximum atomic E-state index is 12.0. The lowest BCUT2D eigenvalue weighted by atomic mass is 10.2. The molecule has 2 N–H and O–H groups in total. The van der Waals surface area contributed by atoms with E-state index in [2.05, 4.69) is 4.72 Å². The molecule has 0 fully saturated rings. The third-order valence-corrected chi connectivity index (χ3v) is 4.22. The van der Waals surface area contributed by atoms with E-state index in [1.165, 1.54) is 12.1 Å². The molecular formula is C15H15NO5S. The van der Waals surface area contributed by atoms with Gasteiger partial charge in [-0.3, -0.25) is 0 Å². The predicted octanol–water partition coefficient (Wildman–Crippen LogP) is 1.63. The van der Waals surface area contributed by atoms with Crippen LogP contribution in [0, 0.1) is 0 Å². The summed E-state index contributed by atoms with van der Waals surface area (Å²) in [6.45, 7) is -0.281. The number of hydrogen-bond acceptors (Lipinski definition) is 4. The Morgan fingerprint density at radius 2 is 1.68 bits per heavy atom. The molecule has 22 heavy (non-hydrogen) atoms. The van der Waals surface area contributed by atoms with Crippen LogP contribution in [0.3, 0.4) is 0 Å². The summed E-state index contributed by atoms with van der Waals surface area (Å²) in [4.78, 5) is 10.6. The van der Waals surface area contributed by atoms with Gasteiger partial charge in [-0.1, -0.05) is 30.3 Å². The molecule has 2 aromatic carbocycles. The molecule has 0 heterocycles. The SMILES string of the molecule is O=C(O)COc1ccc(CNS(=O)(=O)c2ccccc2)cc1. The minimum absolute atomic E-state index is 0.135. The Kier molecular flexibility index (Phi) is 5.13. The smallest absolute Gasteiger partial charge is 0.341 e. The third kappa shape index (κ3) is 4.57. The van der Waals surface area contributed by atoms with Crippen LogP contribution >= 0.6 is 0 Å². The molecule has 0 unspecified atom stereocenters. The lowest BCUT2D eigenvalue weighted by molar-refractivity contribution is -0.139. The van der Waals surface area contributed by atoms with Crippen LogP contribution in [0.5, 0.6) is 5.75 Å². The van der Waals surface area contributed by atoms with Crippen LogP contribution in [0.2, 0.25) is 0 Å². The first-order valence-electron chi connectivity index (χ1n) is 6.45. The van der Waals surface area contributed by atoms with E-state index in [-0.39, 0.29) is 11.4 Å². The Hall–Kier alpha value is -2.38. The standard InChI is InChI=1S/C15H15NO5S/c17-15(18)11-21-13-8-6-12(7-9-13)10-16-22(19,20)14-4-2-1-3-5-14/h1-9,16H,10-11H2,(H,17,18). The minimum Gasteiger partial charge on any atom is -0.482 e. The summed E-state index contributed by atoms with van der Waals surface area (Å²) < 4.78 is 31.6. The molecule has 7 heteroatoms. The van der Waals surface area contributed by atoms with Crippen molar-refractivity contribution in [3.63, 3.8) is 0 Å². The van der Waals surface area contributed by atoms with E-state index in [9.17, 15) is 13.2 Å². The molecule has 6 nitrogen and oxygen atoms in total. The fourth-order valence-electron chi connectivity index (χ4n) is 1.71. The van der Waals surface area contributed by atoms with Crippen LogP contribution in [0.25, 0.3) is 0 Å². The Morgan fingerprint density at radius 1 is 1.05 bits per heavy atom. The highest BCUT2D eigenvalue weighted by Crippen LogP contribution is 2.13. The third-order valence-electron chi connectivity index (χ3n) is 2.81. The first-order chi connectivity index (χ1) is 10.5. The molecule has 0 amide bonds. The molecule has 0 aliphatic carbocycles. The lowest BCUT2D eigenvalue weighted by Gasteiger charge is -2.08. The molecule has 0 spiro atoms. The van der Waals surface area contributed by atoms with Crippen molar-refractivity contribution >= 4 is 16.0 Å². The van der Waals surface area contributed by atoms with E-state index >= 15 is 0 Å². The molecule has 0 aliphatic rings. The molecule has 0 saturated carbocycles. The number of nitrogens with one attached hydrogen (secondary N) is 1. The summed E-state index contributed by atoms with van der Waals surface area (Å²) in [5.41, 5.74) is 0.738. The maximum absolute atomic E-state index is 12.0. The molecule has 2 aromatic rings. The molecule has 2 rings (SSSR count). The number of carboxylic acids is 1. The normalized spacial score (nSPS) is 11.1. The first-order valence-corrected chi connectivity index (χ1v) is 7.94. The van der Waals surface area contributed by atoms with Gasteiger partial charge in [-0.05, 0) is 29.8 Å². The fraction of sp³-hybridized carbons (Fsp3) is 0.133. The van der Waals surface area contributed by atoms with Crippen molar-refractivity contribution in [3.05, 3.63) is 60.2 Å². The average Bonchev–Trinajstić information content (AvgIpc) is 2.53. The van der Waals surface area contributed by atoms with Crippen molar-refractivity contribution in [2.45, 2.75) is 11.4 Å². The molecule has 116 valence electrons. The zero-order chi connectivity index (χ0) is 16.0. The van der Waals surface area contributed by atoms with Crippen molar-refractivity contribution in [3.8, 4) is 5.75 Å². The van der Waals surface area contributed by atoms with Gasteiger partial charge in [-0.25, -0.2) is 17.9 Å². The minimum atomic E-state index is -3.55. The molecular weight excluding hydrogens is 306 g/mol. The Morgan fingerprint density at radius 3 is 2.27 bits per heavy atom. The van der Waals surface area contributed by atoms with Gasteiger partial charge in [-0.15, -0.1) is 0 Å². The zero-order valence-corrected chi connectivity index (χ0v) is 12.4. The second kappa shape index (κ2) is 7.06. The van der Waals surface area contributed by atoms with Crippen LogP contribution in [0.1, 0.15) is 5.56 Å². The Labute approximate surface area is 128 Å². The van der Waals surface area contributed by atoms with Gasteiger partial charge in [0.25, 0.3) is 0 Å². The van der Waals surface area contributed by atoms with Crippen LogP contribution in [-0.4, -0.2) is 26.1 Å². The largest absolute Gasteiger partial charge is 0.482 e. The number of carbonyl (C=O) groups is 1. The maximum Gasteiger partial charge on any atom is 0.341 e. The van der Waals surface area contributed by atoms with Crippen molar-refractivity contribution in [2.24, 2.45) is 0 Å². The van der Waals surface area contributed by atoms with Gasteiger partial charge >= 0.3 is 5.97 Å². The van der Waals surface area contributed by atoms with Crippen molar-refractivity contribution < 1.29 is 23.1 Å². The summed E-state index contributed by atoms with van der Waals surface area (Å²) in [5, 5.41) is 8.51. The van der Waals surface area contributed by atoms with E-state index in [0.717, 1.165) is 5.56 Å². The van der Waals surface area contributed by atoms with Crippen molar-refractivity contribution in [1.82, 2.24) is 4.72 Å². The van der Waals surface area contributed by atoms with E-state index in [0.29, 0.717) is 5.75 Å². The molecule has 0 radical (unpaired) electrons. The summed E-state index contributed by atoms with van der Waals surface area (Å²) in [5.74, 6) is -0.642. The number of benzene rings is 2. The fourth-order valence-corrected chi connectivity index (χ4v) is 2.75. The van der Waals surface area contributed by atoms with Crippen molar-refractivity contribution in [2.75, 3.05) is 6.61 Å². The summed E-state index contributed by atoms with van der Waals surface area (Å²) >= 11 is 0. The summed E-state index contributed by atoms with van der Waals surface area (Å²) in [7, 11) is -3.55. The average molecular weight is 321 g/mol. The molecule has 0 atom stereocenters. The molecule has 0 saturated heterocycles. The van der Waals surface area contributed by atoms with Crippen LogP contribution in [0.15, 0.2) is 59.5 Å². The van der Waals surface area contributed by atoms with Crippen LogP contribution in [0.4, 0.5) is 0 Å². The van der Waals surface area contributed by atoms with Crippen molar-refractivity contribution in [1.29, 1.82) is 0 Å². The quantitative estimate of drug-likeness (QED) is 0.808. The predicted molar refractivity (Wildman–Crippen MR) is 80.0 cm³/mol. The Bertz CT molecular complexity index is 726. The number of hydrogen-bond donors (Lipinski definition) is 2. The zero-order valence-electron chi connectivity index (χ0n) is 11.6. The number of carboxylic acid groups (broad SMARTS) is 1. The second-order valence-electron chi connectivity index (χ2n) is 4.46. The van der Waals surface area contributed by atoms with Crippen LogP contribution in [-0.2, 0) is 21.4 Å².